The molecule has 1 fully saturated rings. The van der Waals surface area contributed by atoms with E-state index in [1.54, 1.807) is 0 Å². The molecule has 0 bridgehead atoms. The lowest BCUT2D eigenvalue weighted by atomic mass is 10.2. The van der Waals surface area contributed by atoms with Crippen LogP contribution in [0.25, 0.3) is 0 Å². The maximum Gasteiger partial charge on any atom is 0.0159 e. The Hall–Kier alpha value is 0.270. The molecule has 0 saturated carbocycles. The van der Waals surface area contributed by atoms with Gasteiger partial charge in [-0.15, -0.1) is 0 Å². The number of thioether (sulfide) groups is 1. The van der Waals surface area contributed by atoms with E-state index in [9.17, 15) is 0 Å². The van der Waals surface area contributed by atoms with Gasteiger partial charge in [0.05, 0.1) is 0 Å². The maximum absolute atomic E-state index is 3.59. The van der Waals surface area contributed by atoms with Crippen LogP contribution in [-0.2, 0) is 0 Å². The van der Waals surface area contributed by atoms with Gasteiger partial charge in [0.25, 0.3) is 0 Å². The Bertz CT molecular complexity index is 111. The summed E-state index contributed by atoms with van der Waals surface area (Å²) < 4.78 is 0. The first-order chi connectivity index (χ1) is 5.79. The first-order valence-corrected chi connectivity index (χ1v) is 5.90. The highest BCUT2D eigenvalue weighted by Gasteiger charge is 2.11. The Kier molecular flexibility index (Phi) is 5.04. The van der Waals surface area contributed by atoms with Crippen molar-refractivity contribution >= 4 is 11.8 Å². The summed E-state index contributed by atoms with van der Waals surface area (Å²) in [4.78, 5) is 2.23. The fraction of sp³-hybridized carbons (Fsp3) is 1.00. The summed E-state index contributed by atoms with van der Waals surface area (Å²) in [6.07, 6.45) is 2.77. The van der Waals surface area contributed by atoms with Crippen LogP contribution in [0.5, 0.6) is 0 Å². The van der Waals surface area contributed by atoms with E-state index < -0.39 is 0 Å². The van der Waals surface area contributed by atoms with Gasteiger partial charge in [0, 0.05) is 24.9 Å². The van der Waals surface area contributed by atoms with Gasteiger partial charge in [-0.25, -0.2) is 0 Å². The van der Waals surface area contributed by atoms with E-state index >= 15 is 0 Å². The number of nitrogens with zero attached hydrogens (tertiary/aromatic N) is 1. The van der Waals surface area contributed by atoms with Crippen molar-refractivity contribution in [1.29, 1.82) is 0 Å². The van der Waals surface area contributed by atoms with Gasteiger partial charge in [-0.05, 0) is 32.7 Å². The van der Waals surface area contributed by atoms with Crippen LogP contribution in [0.4, 0.5) is 0 Å². The third-order valence-electron chi connectivity index (χ3n) is 2.15. The van der Waals surface area contributed by atoms with Crippen LogP contribution >= 0.6 is 11.8 Å². The third kappa shape index (κ3) is 4.33. The number of hydrogen-bond acceptors (Lipinski definition) is 3. The molecule has 0 aliphatic carbocycles. The molecule has 1 aliphatic heterocycles. The minimum absolute atomic E-state index is 0.781. The number of nitrogens with one attached hydrogen (secondary N) is 1. The van der Waals surface area contributed by atoms with Crippen molar-refractivity contribution in [3.8, 4) is 0 Å². The Morgan fingerprint density at radius 2 is 2.33 bits per heavy atom. The maximum atomic E-state index is 3.59. The minimum atomic E-state index is 0.781. The van der Waals surface area contributed by atoms with Crippen molar-refractivity contribution in [2.75, 3.05) is 38.7 Å². The van der Waals surface area contributed by atoms with Gasteiger partial charge in [-0.1, -0.05) is 0 Å². The van der Waals surface area contributed by atoms with E-state index in [1.807, 2.05) is 0 Å². The van der Waals surface area contributed by atoms with Crippen molar-refractivity contribution in [1.82, 2.24) is 10.2 Å². The van der Waals surface area contributed by atoms with Gasteiger partial charge < -0.3 is 10.2 Å². The van der Waals surface area contributed by atoms with Gasteiger partial charge in [0.2, 0.25) is 0 Å². The minimum Gasteiger partial charge on any atom is -0.312 e. The summed E-state index contributed by atoms with van der Waals surface area (Å²) in [5, 5.41) is 3.59. The Morgan fingerprint density at radius 1 is 1.50 bits per heavy atom. The van der Waals surface area contributed by atoms with Crippen LogP contribution in [0.15, 0.2) is 0 Å². The molecule has 0 aromatic rings. The summed E-state index contributed by atoms with van der Waals surface area (Å²) in [7, 11) is 4.24. The summed E-state index contributed by atoms with van der Waals surface area (Å²) in [5.41, 5.74) is 0. The molecule has 0 spiro atoms. The van der Waals surface area contributed by atoms with Gasteiger partial charge >= 0.3 is 0 Å². The monoisotopic (exact) mass is 188 g/mol. The second kappa shape index (κ2) is 5.84. The van der Waals surface area contributed by atoms with Gasteiger partial charge in [0.1, 0.15) is 0 Å². The van der Waals surface area contributed by atoms with Gasteiger partial charge in [-0.2, -0.15) is 11.8 Å². The molecule has 1 unspecified atom stereocenters. The largest absolute Gasteiger partial charge is 0.312 e. The van der Waals surface area contributed by atoms with Crippen molar-refractivity contribution in [2.24, 2.45) is 0 Å². The van der Waals surface area contributed by atoms with E-state index in [-0.39, 0.29) is 0 Å². The SMILES string of the molecule is CN(C)CCNC1CCCSC1. The molecule has 2 nitrogen and oxygen atoms in total. The van der Waals surface area contributed by atoms with Crippen molar-refractivity contribution in [2.45, 2.75) is 18.9 Å². The lowest BCUT2D eigenvalue weighted by Gasteiger charge is -2.23. The quantitative estimate of drug-likeness (QED) is 0.709. The highest BCUT2D eigenvalue weighted by atomic mass is 32.2. The molecule has 72 valence electrons. The van der Waals surface area contributed by atoms with E-state index in [0.29, 0.717) is 0 Å². The summed E-state index contributed by atoms with van der Waals surface area (Å²) in [5.74, 6) is 2.68. The molecule has 1 heterocycles. The molecule has 0 amide bonds. The highest BCUT2D eigenvalue weighted by molar-refractivity contribution is 7.99. The molecule has 12 heavy (non-hydrogen) atoms. The van der Waals surface area contributed by atoms with E-state index in [4.69, 9.17) is 0 Å². The molecule has 3 heteroatoms. The standard InChI is InChI=1S/C9H20N2S/c1-11(2)6-5-10-9-4-3-7-12-8-9/h9-10H,3-8H2,1-2H3. The highest BCUT2D eigenvalue weighted by Crippen LogP contribution is 2.16. The fourth-order valence-electron chi connectivity index (χ4n) is 1.39. The van der Waals surface area contributed by atoms with Crippen LogP contribution in [-0.4, -0.2) is 49.6 Å². The smallest absolute Gasteiger partial charge is 0.0159 e. The zero-order valence-corrected chi connectivity index (χ0v) is 8.99. The fourth-order valence-corrected chi connectivity index (χ4v) is 2.50. The number of rotatable bonds is 4. The lowest BCUT2D eigenvalue weighted by Crippen LogP contribution is -2.37. The van der Waals surface area contributed by atoms with E-state index in [1.165, 1.54) is 24.3 Å². The normalized spacial score (nSPS) is 24.8. The van der Waals surface area contributed by atoms with Crippen molar-refractivity contribution in [3.05, 3.63) is 0 Å². The summed E-state index contributed by atoms with van der Waals surface area (Å²) in [6, 6.07) is 0.781. The molecule has 0 aromatic carbocycles. The van der Waals surface area contributed by atoms with Crippen molar-refractivity contribution in [3.63, 3.8) is 0 Å². The first kappa shape index (κ1) is 10.4. The summed E-state index contributed by atoms with van der Waals surface area (Å²) in [6.45, 7) is 2.29. The van der Waals surface area contributed by atoms with Crippen LogP contribution in [0.2, 0.25) is 0 Å². The molecule has 1 atom stereocenters. The second-order valence-electron chi connectivity index (χ2n) is 3.67. The Morgan fingerprint density at radius 3 is 2.92 bits per heavy atom. The molecule has 1 N–H and O–H groups in total. The number of likely N-dealkylation sites (N-methyl/N-ethyl adjacent to an activating group) is 1. The molecule has 0 aromatic heterocycles. The number of hydrogen-bond donors (Lipinski definition) is 1. The molecule has 1 saturated heterocycles. The molecule has 1 aliphatic rings. The van der Waals surface area contributed by atoms with E-state index in [2.05, 4.69) is 36.1 Å². The topological polar surface area (TPSA) is 15.3 Å². The Balaban J connectivity index is 1.98. The third-order valence-corrected chi connectivity index (χ3v) is 3.37. The second-order valence-corrected chi connectivity index (χ2v) is 4.82. The van der Waals surface area contributed by atoms with Crippen LogP contribution in [0, 0.1) is 0 Å². The molecular formula is C9H20N2S. The van der Waals surface area contributed by atoms with Crippen molar-refractivity contribution < 1.29 is 0 Å². The van der Waals surface area contributed by atoms with Crippen LogP contribution < -0.4 is 5.32 Å². The first-order valence-electron chi connectivity index (χ1n) is 4.75. The Labute approximate surface area is 80.1 Å². The van der Waals surface area contributed by atoms with Gasteiger partial charge in [-0.3, -0.25) is 0 Å². The average Bonchev–Trinajstić information content (AvgIpc) is 2.05. The zero-order chi connectivity index (χ0) is 8.81. The van der Waals surface area contributed by atoms with Crippen LogP contribution in [0.3, 0.4) is 0 Å². The van der Waals surface area contributed by atoms with Gasteiger partial charge in [0.15, 0.2) is 0 Å². The molecule has 1 rings (SSSR count). The molecular weight excluding hydrogens is 168 g/mol. The summed E-state index contributed by atoms with van der Waals surface area (Å²) >= 11 is 2.09. The molecule has 0 radical (unpaired) electrons. The predicted octanol–water partition coefficient (Wildman–Crippen LogP) is 1.03. The predicted molar refractivity (Wildman–Crippen MR) is 56.9 cm³/mol. The van der Waals surface area contributed by atoms with E-state index in [0.717, 1.165) is 19.1 Å². The average molecular weight is 188 g/mol. The lowest BCUT2D eigenvalue weighted by molar-refractivity contribution is 0.382. The van der Waals surface area contributed by atoms with Crippen LogP contribution in [0.1, 0.15) is 12.8 Å². The zero-order valence-electron chi connectivity index (χ0n) is 8.18.